The summed E-state index contributed by atoms with van der Waals surface area (Å²) in [4.78, 5) is 14.1. The van der Waals surface area contributed by atoms with Gasteiger partial charge in [-0.2, -0.15) is 0 Å². The average Bonchev–Trinajstić information content (AvgIpc) is 2.21. The van der Waals surface area contributed by atoms with Gasteiger partial charge in [-0.25, -0.2) is 4.79 Å². The van der Waals surface area contributed by atoms with Gasteiger partial charge in [-0.05, 0) is 48.1 Å². The molecule has 0 aliphatic carbocycles. The summed E-state index contributed by atoms with van der Waals surface area (Å²) in [5.74, 6) is 0. The number of alkyl carbamates (subject to hydrolysis) is 1. The third-order valence-corrected chi connectivity index (χ3v) is 3.02. The topological polar surface area (TPSA) is 67.6 Å². The summed E-state index contributed by atoms with van der Waals surface area (Å²) in [6.07, 6.45) is -0.391. The molecule has 1 amide bonds. The Morgan fingerprint density at radius 1 is 1.32 bits per heavy atom. The monoisotopic (exact) mass is 273 g/mol. The van der Waals surface area contributed by atoms with Crippen molar-refractivity contribution in [3.63, 3.8) is 0 Å². The van der Waals surface area contributed by atoms with E-state index in [-0.39, 0.29) is 12.1 Å². The van der Waals surface area contributed by atoms with E-state index in [4.69, 9.17) is 10.5 Å². The molecule has 0 saturated carbocycles. The van der Waals surface area contributed by atoms with E-state index < -0.39 is 11.7 Å². The Kier molecular flexibility index (Phi) is 7.37. The van der Waals surface area contributed by atoms with E-state index in [2.05, 4.69) is 31.0 Å². The van der Waals surface area contributed by atoms with E-state index in [9.17, 15) is 4.79 Å². The minimum Gasteiger partial charge on any atom is -0.444 e. The molecule has 0 fully saturated rings. The van der Waals surface area contributed by atoms with Gasteiger partial charge in [0.15, 0.2) is 0 Å². The molecule has 3 N–H and O–H groups in total. The van der Waals surface area contributed by atoms with Crippen LogP contribution in [0.3, 0.4) is 0 Å². The van der Waals surface area contributed by atoms with Gasteiger partial charge in [0.1, 0.15) is 5.60 Å². The molecule has 0 saturated heterocycles. The normalized spacial score (nSPS) is 15.5. The molecule has 0 radical (unpaired) electrons. The van der Waals surface area contributed by atoms with Crippen LogP contribution in [0.1, 0.15) is 48.5 Å². The fourth-order valence-electron chi connectivity index (χ4n) is 2.20. The van der Waals surface area contributed by atoms with E-state index in [0.29, 0.717) is 12.6 Å². The second kappa shape index (κ2) is 7.70. The van der Waals surface area contributed by atoms with Gasteiger partial charge in [0.25, 0.3) is 0 Å². The maximum Gasteiger partial charge on any atom is 0.407 e. The van der Waals surface area contributed by atoms with Crippen LogP contribution in [0.25, 0.3) is 0 Å². The maximum absolute atomic E-state index is 11.8. The number of likely N-dealkylation sites (N-methyl/N-ethyl adjacent to an activating group) is 1. The molecule has 5 nitrogen and oxygen atoms in total. The number of amides is 1. The summed E-state index contributed by atoms with van der Waals surface area (Å²) in [5.41, 5.74) is 5.38. The number of carbonyl (C=O) groups is 1. The lowest BCUT2D eigenvalue weighted by Crippen LogP contribution is -2.56. The van der Waals surface area contributed by atoms with Gasteiger partial charge in [0, 0.05) is 24.7 Å². The number of hydrogen-bond donors (Lipinski definition) is 2. The number of nitrogens with zero attached hydrogens (tertiary/aromatic N) is 1. The summed E-state index contributed by atoms with van der Waals surface area (Å²) in [6, 6.07) is 0.446. The van der Waals surface area contributed by atoms with Gasteiger partial charge in [-0.3, -0.25) is 4.90 Å². The number of hydrogen-bond acceptors (Lipinski definition) is 4. The van der Waals surface area contributed by atoms with Gasteiger partial charge >= 0.3 is 6.09 Å². The molecule has 2 atom stereocenters. The predicted molar refractivity (Wildman–Crippen MR) is 79.2 cm³/mol. The first-order chi connectivity index (χ1) is 8.62. The molecular weight excluding hydrogens is 242 g/mol. The predicted octanol–water partition coefficient (Wildman–Crippen LogP) is 1.96. The number of rotatable bonds is 6. The highest BCUT2D eigenvalue weighted by Crippen LogP contribution is 2.10. The average molecular weight is 273 g/mol. The van der Waals surface area contributed by atoms with Crippen LogP contribution in [0.2, 0.25) is 0 Å². The van der Waals surface area contributed by atoms with Gasteiger partial charge in [-0.1, -0.05) is 6.92 Å². The molecule has 0 heterocycles. The fourth-order valence-corrected chi connectivity index (χ4v) is 2.20. The van der Waals surface area contributed by atoms with E-state index >= 15 is 0 Å². The summed E-state index contributed by atoms with van der Waals surface area (Å²) in [5, 5.41) is 2.87. The number of ether oxygens (including phenoxy) is 1. The van der Waals surface area contributed by atoms with Crippen molar-refractivity contribution in [2.45, 2.75) is 72.2 Å². The first-order valence-electron chi connectivity index (χ1n) is 7.07. The molecule has 0 aromatic carbocycles. The Morgan fingerprint density at radius 3 is 2.16 bits per heavy atom. The van der Waals surface area contributed by atoms with E-state index in [1.165, 1.54) is 0 Å². The van der Waals surface area contributed by atoms with E-state index in [0.717, 1.165) is 6.54 Å². The Balaban J connectivity index is 4.59. The SMILES string of the molecule is CCN(C(C)C)C(CN)C(C)NC(=O)OC(C)(C)C. The molecule has 0 aromatic heterocycles. The number of nitrogens with one attached hydrogen (secondary N) is 1. The zero-order chi connectivity index (χ0) is 15.2. The van der Waals surface area contributed by atoms with Crippen LogP contribution in [0.5, 0.6) is 0 Å². The Labute approximate surface area is 117 Å². The van der Waals surface area contributed by atoms with Gasteiger partial charge in [0.05, 0.1) is 0 Å². The quantitative estimate of drug-likeness (QED) is 0.776. The van der Waals surface area contributed by atoms with Crippen LogP contribution in [0, 0.1) is 0 Å². The van der Waals surface area contributed by atoms with E-state index in [1.54, 1.807) is 0 Å². The van der Waals surface area contributed by atoms with Crippen molar-refractivity contribution in [1.29, 1.82) is 0 Å². The number of nitrogens with two attached hydrogens (primary N) is 1. The van der Waals surface area contributed by atoms with Crippen molar-refractivity contribution in [2.75, 3.05) is 13.1 Å². The Hall–Kier alpha value is -0.810. The van der Waals surface area contributed by atoms with Crippen molar-refractivity contribution in [3.05, 3.63) is 0 Å². The van der Waals surface area contributed by atoms with Crippen molar-refractivity contribution < 1.29 is 9.53 Å². The highest BCUT2D eigenvalue weighted by atomic mass is 16.6. The van der Waals surface area contributed by atoms with E-state index in [1.807, 2.05) is 27.7 Å². The van der Waals surface area contributed by atoms with Crippen LogP contribution < -0.4 is 11.1 Å². The number of carbonyl (C=O) groups excluding carboxylic acids is 1. The summed E-state index contributed by atoms with van der Waals surface area (Å²) in [6.45, 7) is 15.3. The van der Waals surface area contributed by atoms with Crippen molar-refractivity contribution in [1.82, 2.24) is 10.2 Å². The zero-order valence-electron chi connectivity index (χ0n) is 13.5. The highest BCUT2D eigenvalue weighted by Gasteiger charge is 2.26. The molecule has 0 aliphatic heterocycles. The molecule has 19 heavy (non-hydrogen) atoms. The molecule has 0 spiro atoms. The third-order valence-electron chi connectivity index (χ3n) is 3.02. The molecule has 5 heteroatoms. The molecule has 114 valence electrons. The minimum atomic E-state index is -0.482. The second-order valence-corrected chi connectivity index (χ2v) is 6.16. The van der Waals surface area contributed by atoms with Gasteiger partial charge in [0.2, 0.25) is 0 Å². The summed E-state index contributed by atoms with van der Waals surface area (Å²) >= 11 is 0. The molecular formula is C14H31N3O2. The van der Waals surface area contributed by atoms with Gasteiger partial charge in [-0.15, -0.1) is 0 Å². The highest BCUT2D eigenvalue weighted by molar-refractivity contribution is 5.68. The first-order valence-corrected chi connectivity index (χ1v) is 7.07. The largest absolute Gasteiger partial charge is 0.444 e. The lowest BCUT2D eigenvalue weighted by Gasteiger charge is -2.37. The summed E-state index contributed by atoms with van der Waals surface area (Å²) < 4.78 is 5.27. The zero-order valence-corrected chi connectivity index (χ0v) is 13.5. The van der Waals surface area contributed by atoms with Crippen LogP contribution in [0.15, 0.2) is 0 Å². The first kappa shape index (κ1) is 18.2. The summed E-state index contributed by atoms with van der Waals surface area (Å²) in [7, 11) is 0. The van der Waals surface area contributed by atoms with Crippen LogP contribution >= 0.6 is 0 Å². The lowest BCUT2D eigenvalue weighted by molar-refractivity contribution is 0.0457. The van der Waals surface area contributed by atoms with Crippen molar-refractivity contribution in [2.24, 2.45) is 5.73 Å². The Morgan fingerprint density at radius 2 is 1.84 bits per heavy atom. The Bertz CT molecular complexity index is 274. The van der Waals surface area contributed by atoms with Crippen LogP contribution in [-0.2, 0) is 4.74 Å². The molecule has 0 rings (SSSR count). The molecule has 2 unspecified atom stereocenters. The fraction of sp³-hybridized carbons (Fsp3) is 0.929. The third kappa shape index (κ3) is 6.78. The second-order valence-electron chi connectivity index (χ2n) is 6.16. The minimum absolute atomic E-state index is 0.0535. The van der Waals surface area contributed by atoms with Crippen molar-refractivity contribution in [3.8, 4) is 0 Å². The smallest absolute Gasteiger partial charge is 0.407 e. The standard InChI is InChI=1S/C14H31N3O2/c1-8-17(10(2)3)12(9-15)11(4)16-13(18)19-14(5,6)7/h10-12H,8-9,15H2,1-7H3,(H,16,18). The maximum atomic E-state index is 11.8. The lowest BCUT2D eigenvalue weighted by atomic mass is 10.1. The van der Waals surface area contributed by atoms with Crippen LogP contribution in [-0.4, -0.2) is 47.8 Å². The van der Waals surface area contributed by atoms with Crippen LogP contribution in [0.4, 0.5) is 4.79 Å². The molecule has 0 bridgehead atoms. The van der Waals surface area contributed by atoms with Crippen molar-refractivity contribution >= 4 is 6.09 Å². The molecule has 0 aromatic rings. The molecule has 0 aliphatic rings. The van der Waals surface area contributed by atoms with Gasteiger partial charge < -0.3 is 15.8 Å².